The lowest BCUT2D eigenvalue weighted by Crippen LogP contribution is -2.21. The van der Waals surface area contributed by atoms with Gasteiger partial charge < -0.3 is 14.8 Å². The molecule has 1 aromatic rings. The molecule has 0 aliphatic carbocycles. The normalized spacial score (nSPS) is 19.1. The topological polar surface area (TPSA) is 95.3 Å². The number of carbonyl (C=O) groups excluding carboxylic acids is 2. The fraction of sp³-hybridized carbons (Fsp3) is 0.500. The number of hydrogen-bond acceptors (Lipinski definition) is 6. The SMILES string of the molecule is COC(=O)c1ncn(CC2CNC(=O)O2)n1. The number of nitrogens with zero attached hydrogens (tertiary/aromatic N) is 3. The first-order valence-electron chi connectivity index (χ1n) is 4.61. The van der Waals surface area contributed by atoms with Crippen molar-refractivity contribution < 1.29 is 19.1 Å². The Morgan fingerprint density at radius 2 is 2.62 bits per heavy atom. The summed E-state index contributed by atoms with van der Waals surface area (Å²) >= 11 is 0. The van der Waals surface area contributed by atoms with E-state index in [9.17, 15) is 9.59 Å². The van der Waals surface area contributed by atoms with Crippen molar-refractivity contribution in [2.45, 2.75) is 12.6 Å². The van der Waals surface area contributed by atoms with Gasteiger partial charge in [0.1, 0.15) is 12.4 Å². The number of ether oxygens (including phenoxy) is 2. The first-order valence-corrected chi connectivity index (χ1v) is 4.61. The molecule has 2 heterocycles. The molecular formula is C8H10N4O4. The summed E-state index contributed by atoms with van der Waals surface area (Å²) in [5.74, 6) is -0.611. The quantitative estimate of drug-likeness (QED) is 0.676. The van der Waals surface area contributed by atoms with Crippen molar-refractivity contribution in [3.63, 3.8) is 0 Å². The Morgan fingerprint density at radius 3 is 3.25 bits per heavy atom. The predicted octanol–water partition coefficient (Wildman–Crippen LogP) is -0.827. The summed E-state index contributed by atoms with van der Waals surface area (Å²) in [6.07, 6.45) is 0.649. The van der Waals surface area contributed by atoms with Crippen LogP contribution in [0.1, 0.15) is 10.6 Å². The number of aromatic nitrogens is 3. The zero-order valence-electron chi connectivity index (χ0n) is 8.54. The zero-order chi connectivity index (χ0) is 11.5. The summed E-state index contributed by atoms with van der Waals surface area (Å²) in [5.41, 5.74) is 0. The van der Waals surface area contributed by atoms with E-state index in [1.54, 1.807) is 0 Å². The van der Waals surface area contributed by atoms with Crippen LogP contribution >= 0.6 is 0 Å². The van der Waals surface area contributed by atoms with Crippen LogP contribution in [-0.2, 0) is 16.0 Å². The van der Waals surface area contributed by atoms with Gasteiger partial charge in [-0.15, -0.1) is 5.10 Å². The van der Waals surface area contributed by atoms with Crippen molar-refractivity contribution in [1.29, 1.82) is 0 Å². The van der Waals surface area contributed by atoms with Gasteiger partial charge in [-0.2, -0.15) is 0 Å². The molecule has 1 atom stereocenters. The zero-order valence-corrected chi connectivity index (χ0v) is 8.54. The van der Waals surface area contributed by atoms with Crippen molar-refractivity contribution in [2.24, 2.45) is 0 Å². The van der Waals surface area contributed by atoms with E-state index < -0.39 is 12.1 Å². The largest absolute Gasteiger partial charge is 0.463 e. The van der Waals surface area contributed by atoms with Gasteiger partial charge in [0.25, 0.3) is 5.82 Å². The van der Waals surface area contributed by atoms with E-state index in [2.05, 4.69) is 20.1 Å². The maximum atomic E-state index is 11.1. The van der Waals surface area contributed by atoms with E-state index in [0.29, 0.717) is 13.1 Å². The van der Waals surface area contributed by atoms with Gasteiger partial charge in [0.15, 0.2) is 0 Å². The standard InChI is InChI=1S/C8H10N4O4/c1-15-7(13)6-10-4-12(11-6)3-5-2-9-8(14)16-5/h4-5H,2-3H2,1H3,(H,9,14). The summed E-state index contributed by atoms with van der Waals surface area (Å²) in [7, 11) is 1.26. The third-order valence-electron chi connectivity index (χ3n) is 2.04. The average molecular weight is 226 g/mol. The van der Waals surface area contributed by atoms with E-state index in [4.69, 9.17) is 4.74 Å². The molecule has 1 unspecified atom stereocenters. The van der Waals surface area contributed by atoms with Crippen molar-refractivity contribution in [3.8, 4) is 0 Å². The highest BCUT2D eigenvalue weighted by Crippen LogP contribution is 2.03. The number of hydrogen-bond donors (Lipinski definition) is 1. The molecule has 1 fully saturated rings. The van der Waals surface area contributed by atoms with Gasteiger partial charge in [0, 0.05) is 0 Å². The number of cyclic esters (lactones) is 1. The highest BCUT2D eigenvalue weighted by Gasteiger charge is 2.23. The lowest BCUT2D eigenvalue weighted by Gasteiger charge is -2.05. The molecule has 1 aromatic heterocycles. The van der Waals surface area contributed by atoms with E-state index >= 15 is 0 Å². The number of rotatable bonds is 3. The van der Waals surface area contributed by atoms with Crippen LogP contribution in [0, 0.1) is 0 Å². The molecule has 0 spiro atoms. The van der Waals surface area contributed by atoms with Crippen molar-refractivity contribution in [1.82, 2.24) is 20.1 Å². The van der Waals surface area contributed by atoms with Gasteiger partial charge in [-0.25, -0.2) is 19.3 Å². The molecule has 1 saturated heterocycles. The van der Waals surface area contributed by atoms with Gasteiger partial charge >= 0.3 is 12.1 Å². The molecule has 0 saturated carbocycles. The summed E-state index contributed by atoms with van der Waals surface area (Å²) in [6.45, 7) is 0.773. The summed E-state index contributed by atoms with van der Waals surface area (Å²) in [6, 6.07) is 0. The van der Waals surface area contributed by atoms with Gasteiger partial charge in [0.2, 0.25) is 0 Å². The molecule has 1 aliphatic heterocycles. The van der Waals surface area contributed by atoms with Gasteiger partial charge in [-0.1, -0.05) is 0 Å². The molecule has 1 aliphatic rings. The molecule has 86 valence electrons. The second-order valence-electron chi connectivity index (χ2n) is 3.19. The van der Waals surface area contributed by atoms with Crippen LogP contribution in [0.4, 0.5) is 4.79 Å². The van der Waals surface area contributed by atoms with E-state index in [0.717, 1.165) is 0 Å². The molecule has 0 bridgehead atoms. The first-order chi connectivity index (χ1) is 7.69. The lowest BCUT2D eigenvalue weighted by atomic mass is 10.4. The summed E-state index contributed by atoms with van der Waals surface area (Å²) in [4.78, 5) is 25.6. The van der Waals surface area contributed by atoms with Gasteiger partial charge in [-0.05, 0) is 0 Å². The van der Waals surface area contributed by atoms with Crippen LogP contribution in [0.15, 0.2) is 6.33 Å². The maximum Gasteiger partial charge on any atom is 0.407 e. The highest BCUT2D eigenvalue weighted by atomic mass is 16.6. The van der Waals surface area contributed by atoms with Crippen LogP contribution < -0.4 is 5.32 Å². The number of alkyl carbamates (subject to hydrolysis) is 1. The Labute approximate surface area is 90.5 Å². The third kappa shape index (κ3) is 2.10. The molecule has 1 N–H and O–H groups in total. The molecule has 0 aromatic carbocycles. The van der Waals surface area contributed by atoms with Crippen molar-refractivity contribution in [3.05, 3.63) is 12.2 Å². The Balaban J connectivity index is 1.97. The van der Waals surface area contributed by atoms with Crippen molar-refractivity contribution in [2.75, 3.05) is 13.7 Å². The Hall–Kier alpha value is -2.12. The van der Waals surface area contributed by atoms with Crippen LogP contribution in [-0.4, -0.2) is 46.6 Å². The maximum absolute atomic E-state index is 11.1. The van der Waals surface area contributed by atoms with E-state index in [1.165, 1.54) is 18.1 Å². The molecular weight excluding hydrogens is 216 g/mol. The minimum atomic E-state index is -0.597. The highest BCUT2D eigenvalue weighted by molar-refractivity contribution is 5.84. The summed E-state index contributed by atoms with van der Waals surface area (Å²) < 4.78 is 10.8. The minimum Gasteiger partial charge on any atom is -0.463 e. The van der Waals surface area contributed by atoms with Crippen LogP contribution in [0.25, 0.3) is 0 Å². The Bertz CT molecular complexity index is 416. The summed E-state index contributed by atoms with van der Waals surface area (Å²) in [5, 5.41) is 6.40. The van der Waals surface area contributed by atoms with E-state index in [1.807, 2.05) is 0 Å². The predicted molar refractivity (Wildman–Crippen MR) is 49.6 cm³/mol. The Morgan fingerprint density at radius 1 is 1.81 bits per heavy atom. The van der Waals surface area contributed by atoms with E-state index in [-0.39, 0.29) is 11.9 Å². The van der Waals surface area contributed by atoms with Crippen LogP contribution in [0.5, 0.6) is 0 Å². The second kappa shape index (κ2) is 4.17. The lowest BCUT2D eigenvalue weighted by molar-refractivity contribution is 0.0585. The monoisotopic (exact) mass is 226 g/mol. The molecule has 0 radical (unpaired) electrons. The molecule has 16 heavy (non-hydrogen) atoms. The number of carbonyl (C=O) groups is 2. The van der Waals surface area contributed by atoms with Crippen molar-refractivity contribution >= 4 is 12.1 Å². The second-order valence-corrected chi connectivity index (χ2v) is 3.19. The molecule has 2 rings (SSSR count). The molecule has 8 heteroatoms. The fourth-order valence-electron chi connectivity index (χ4n) is 1.31. The minimum absolute atomic E-state index is 0.0141. The number of amides is 1. The first kappa shape index (κ1) is 10.4. The van der Waals surface area contributed by atoms with Crippen LogP contribution in [0.2, 0.25) is 0 Å². The van der Waals surface area contributed by atoms with Gasteiger partial charge in [0.05, 0.1) is 20.2 Å². The Kier molecular flexibility index (Phi) is 2.71. The van der Waals surface area contributed by atoms with Crippen LogP contribution in [0.3, 0.4) is 0 Å². The third-order valence-corrected chi connectivity index (χ3v) is 2.04. The molecule has 1 amide bonds. The smallest absolute Gasteiger partial charge is 0.407 e. The van der Waals surface area contributed by atoms with Gasteiger partial charge in [-0.3, -0.25) is 0 Å². The number of esters is 1. The number of nitrogens with one attached hydrogen (secondary N) is 1. The molecule has 8 nitrogen and oxygen atoms in total. The fourth-order valence-corrected chi connectivity index (χ4v) is 1.31. The average Bonchev–Trinajstić information content (AvgIpc) is 2.87. The number of methoxy groups -OCH3 is 1.